The molecule has 0 aliphatic carbocycles. The zero-order valence-corrected chi connectivity index (χ0v) is 16.3. The number of aromatic nitrogens is 2. The van der Waals surface area contributed by atoms with Crippen LogP contribution in [0.25, 0.3) is 0 Å². The number of hydrogen-bond donors (Lipinski definition) is 2. The van der Waals surface area contributed by atoms with Crippen molar-refractivity contribution in [2.24, 2.45) is 4.99 Å². The van der Waals surface area contributed by atoms with Crippen LogP contribution in [-0.2, 0) is 12.7 Å². The summed E-state index contributed by atoms with van der Waals surface area (Å²) >= 11 is 7.37. The minimum atomic E-state index is -4.50. The highest BCUT2D eigenvalue weighted by Gasteiger charge is 2.31. The van der Waals surface area contributed by atoms with Crippen LogP contribution in [0.4, 0.5) is 13.2 Å². The molecule has 0 aliphatic rings. The van der Waals surface area contributed by atoms with E-state index < -0.39 is 11.7 Å². The third-order valence-corrected chi connectivity index (χ3v) is 4.32. The van der Waals surface area contributed by atoms with Gasteiger partial charge in [-0.1, -0.05) is 11.6 Å². The van der Waals surface area contributed by atoms with Gasteiger partial charge in [-0.3, -0.25) is 0 Å². The molecule has 0 fully saturated rings. The zero-order chi connectivity index (χ0) is 19.9. The number of aryl methyl sites for hydroxylation is 1. The lowest BCUT2D eigenvalue weighted by Gasteiger charge is -2.13. The molecule has 0 saturated carbocycles. The van der Waals surface area contributed by atoms with Gasteiger partial charge in [-0.2, -0.15) is 13.2 Å². The Bertz CT molecular complexity index is 782. The minimum absolute atomic E-state index is 0.0494. The highest BCUT2D eigenvalue weighted by Crippen LogP contribution is 2.32. The van der Waals surface area contributed by atoms with Crippen molar-refractivity contribution in [3.63, 3.8) is 0 Å². The monoisotopic (exact) mass is 421 g/mol. The van der Waals surface area contributed by atoms with Gasteiger partial charge in [0.05, 0.1) is 18.7 Å². The summed E-state index contributed by atoms with van der Waals surface area (Å²) in [6, 6.07) is 0.791. The first-order chi connectivity index (χ1) is 12.8. The molecular formula is C16H19ClF3N5OS. The predicted molar refractivity (Wildman–Crippen MR) is 99.4 cm³/mol. The van der Waals surface area contributed by atoms with Gasteiger partial charge in [0.1, 0.15) is 16.6 Å². The predicted octanol–water partition coefficient (Wildman–Crippen LogP) is 3.65. The van der Waals surface area contributed by atoms with Gasteiger partial charge < -0.3 is 15.4 Å². The van der Waals surface area contributed by atoms with Gasteiger partial charge in [0, 0.05) is 23.8 Å². The van der Waals surface area contributed by atoms with Crippen LogP contribution in [-0.4, -0.2) is 35.6 Å². The van der Waals surface area contributed by atoms with Gasteiger partial charge in [-0.05, 0) is 19.9 Å². The molecule has 2 heterocycles. The molecule has 6 nitrogen and oxygen atoms in total. The smallest absolute Gasteiger partial charge is 0.417 e. The van der Waals surface area contributed by atoms with Crippen LogP contribution < -0.4 is 15.4 Å². The fourth-order valence-electron chi connectivity index (χ4n) is 1.97. The number of ether oxygens (including phenoxy) is 1. The first-order valence-electron chi connectivity index (χ1n) is 8.08. The number of alkyl halides is 3. The lowest BCUT2D eigenvalue weighted by molar-refractivity contribution is -0.137. The van der Waals surface area contributed by atoms with Crippen molar-refractivity contribution in [3.8, 4) is 5.88 Å². The third kappa shape index (κ3) is 6.87. The number of pyridine rings is 1. The quantitative estimate of drug-likeness (QED) is 0.405. The summed E-state index contributed by atoms with van der Waals surface area (Å²) in [6.45, 7) is 5.55. The number of halogens is 4. The topological polar surface area (TPSA) is 71.4 Å². The number of aliphatic imine (C=N–C) groups is 1. The lowest BCUT2D eigenvalue weighted by atomic mass is 10.3. The second-order valence-electron chi connectivity index (χ2n) is 5.34. The number of guanidine groups is 1. The van der Waals surface area contributed by atoms with E-state index in [0.717, 1.165) is 16.0 Å². The highest BCUT2D eigenvalue weighted by atomic mass is 35.5. The summed E-state index contributed by atoms with van der Waals surface area (Å²) in [7, 11) is 0. The zero-order valence-electron chi connectivity index (χ0n) is 14.7. The maximum atomic E-state index is 12.6. The van der Waals surface area contributed by atoms with Gasteiger partial charge >= 0.3 is 6.18 Å². The molecule has 0 amide bonds. The highest BCUT2D eigenvalue weighted by molar-refractivity contribution is 7.11. The van der Waals surface area contributed by atoms with E-state index in [2.05, 4.69) is 25.6 Å². The minimum Gasteiger partial charge on any atom is -0.475 e. The maximum absolute atomic E-state index is 12.6. The van der Waals surface area contributed by atoms with Crippen molar-refractivity contribution in [1.29, 1.82) is 0 Å². The fourth-order valence-corrected chi connectivity index (χ4v) is 2.90. The van der Waals surface area contributed by atoms with Gasteiger partial charge in [-0.15, -0.1) is 11.3 Å². The second-order valence-corrected chi connectivity index (χ2v) is 7.07. The number of rotatable bonds is 7. The Labute approximate surface area is 163 Å². The fraction of sp³-hybridized carbons (Fsp3) is 0.438. The van der Waals surface area contributed by atoms with Gasteiger partial charge in [0.15, 0.2) is 5.96 Å². The number of hydrogen-bond acceptors (Lipinski definition) is 5. The SMILES string of the molecule is CCNC(=NCc1ncc(C)s1)NCCOc1ncc(C(F)(F)F)cc1Cl. The van der Waals surface area contributed by atoms with Crippen molar-refractivity contribution in [2.75, 3.05) is 19.7 Å². The molecule has 0 radical (unpaired) electrons. The number of nitrogens with zero attached hydrogens (tertiary/aromatic N) is 3. The Kier molecular flexibility index (Phi) is 7.66. The van der Waals surface area contributed by atoms with Gasteiger partial charge in [0.2, 0.25) is 5.88 Å². The molecular weight excluding hydrogens is 403 g/mol. The molecule has 0 saturated heterocycles. The molecule has 2 rings (SSSR count). The Hall–Kier alpha value is -2.07. The largest absolute Gasteiger partial charge is 0.475 e. The molecule has 27 heavy (non-hydrogen) atoms. The first-order valence-corrected chi connectivity index (χ1v) is 9.28. The summed E-state index contributed by atoms with van der Waals surface area (Å²) in [4.78, 5) is 13.4. The van der Waals surface area contributed by atoms with E-state index in [4.69, 9.17) is 16.3 Å². The third-order valence-electron chi connectivity index (χ3n) is 3.15. The molecule has 148 valence electrons. The van der Waals surface area contributed by atoms with Gasteiger partial charge in [0.25, 0.3) is 0 Å². The standard InChI is InChI=1S/C16H19ClF3N5OS/c1-3-21-15(25-9-13-23-7-10(2)27-13)22-4-5-26-14-12(17)6-11(8-24-14)16(18,19)20/h6-8H,3-5,9H2,1-2H3,(H2,21,22,25). The van der Waals surface area contributed by atoms with Crippen LogP contribution in [0.1, 0.15) is 22.4 Å². The Morgan fingerprint density at radius 2 is 2.07 bits per heavy atom. The summed E-state index contributed by atoms with van der Waals surface area (Å²) in [5, 5.41) is 6.86. The number of nitrogens with one attached hydrogen (secondary N) is 2. The van der Waals surface area contributed by atoms with Crippen molar-refractivity contribution in [3.05, 3.63) is 38.9 Å². The first kappa shape index (κ1) is 21.2. The average molecular weight is 422 g/mol. The van der Waals surface area contributed by atoms with Crippen LogP contribution in [0, 0.1) is 6.92 Å². The summed E-state index contributed by atoms with van der Waals surface area (Å²) in [5.41, 5.74) is -0.919. The van der Waals surface area contributed by atoms with Crippen molar-refractivity contribution in [1.82, 2.24) is 20.6 Å². The van der Waals surface area contributed by atoms with Crippen molar-refractivity contribution < 1.29 is 17.9 Å². The van der Waals surface area contributed by atoms with E-state index in [1.54, 1.807) is 17.5 Å². The van der Waals surface area contributed by atoms with E-state index in [0.29, 0.717) is 31.8 Å². The van der Waals surface area contributed by atoms with E-state index in [9.17, 15) is 13.2 Å². The Morgan fingerprint density at radius 3 is 2.67 bits per heavy atom. The van der Waals surface area contributed by atoms with Crippen LogP contribution in [0.2, 0.25) is 5.02 Å². The molecule has 0 bridgehead atoms. The number of thiazole rings is 1. The normalized spacial score (nSPS) is 12.1. The summed E-state index contributed by atoms with van der Waals surface area (Å²) in [6.07, 6.45) is -2.01. The van der Waals surface area contributed by atoms with E-state index in [1.165, 1.54) is 0 Å². The molecule has 0 spiro atoms. The molecule has 0 unspecified atom stereocenters. The lowest BCUT2D eigenvalue weighted by Crippen LogP contribution is -2.39. The molecule has 2 aromatic rings. The summed E-state index contributed by atoms with van der Waals surface area (Å²) < 4.78 is 43.1. The van der Waals surface area contributed by atoms with Crippen molar-refractivity contribution in [2.45, 2.75) is 26.6 Å². The van der Waals surface area contributed by atoms with Gasteiger partial charge in [-0.25, -0.2) is 15.0 Å². The van der Waals surface area contributed by atoms with Crippen LogP contribution in [0.5, 0.6) is 5.88 Å². The van der Waals surface area contributed by atoms with Crippen molar-refractivity contribution >= 4 is 28.9 Å². The second kappa shape index (κ2) is 9.75. The molecule has 11 heteroatoms. The molecule has 0 atom stereocenters. The molecule has 2 N–H and O–H groups in total. The molecule has 0 aliphatic heterocycles. The maximum Gasteiger partial charge on any atom is 0.417 e. The Morgan fingerprint density at radius 1 is 1.30 bits per heavy atom. The Balaban J connectivity index is 1.84. The molecule has 0 aromatic carbocycles. The van der Waals surface area contributed by atoms with Crippen LogP contribution in [0.15, 0.2) is 23.5 Å². The van der Waals surface area contributed by atoms with E-state index >= 15 is 0 Å². The average Bonchev–Trinajstić information content (AvgIpc) is 3.02. The van der Waals surface area contributed by atoms with E-state index in [1.807, 2.05) is 13.8 Å². The van der Waals surface area contributed by atoms with Crippen LogP contribution >= 0.6 is 22.9 Å². The van der Waals surface area contributed by atoms with E-state index in [-0.39, 0.29) is 17.5 Å². The molecule has 2 aromatic heterocycles. The summed E-state index contributed by atoms with van der Waals surface area (Å²) in [5.74, 6) is 0.534. The van der Waals surface area contributed by atoms with Crippen LogP contribution in [0.3, 0.4) is 0 Å².